The van der Waals surface area contributed by atoms with E-state index in [0.717, 1.165) is 10.8 Å². The van der Waals surface area contributed by atoms with Gasteiger partial charge in [0.2, 0.25) is 0 Å². The maximum absolute atomic E-state index is 11.4. The van der Waals surface area contributed by atoms with Gasteiger partial charge in [-0.2, -0.15) is 0 Å². The minimum Gasteiger partial charge on any atom is -0.478 e. The Morgan fingerprint density at radius 2 is 1.75 bits per heavy atom. The van der Waals surface area contributed by atoms with Crippen molar-refractivity contribution >= 4 is 45.4 Å². The Bertz CT molecular complexity index is 940. The van der Waals surface area contributed by atoms with E-state index >= 15 is 0 Å². The summed E-state index contributed by atoms with van der Waals surface area (Å²) in [6, 6.07) is 14.5. The van der Waals surface area contributed by atoms with Gasteiger partial charge < -0.3 is 10.4 Å². The van der Waals surface area contributed by atoms with Crippen molar-refractivity contribution in [1.29, 1.82) is 0 Å². The number of hydrogen-bond donors (Lipinski definition) is 2. The zero-order valence-corrected chi connectivity index (χ0v) is 12.9. The molecule has 7 heteroatoms. The highest BCUT2D eigenvalue weighted by molar-refractivity contribution is 6.36. The second kappa shape index (κ2) is 6.17. The van der Waals surface area contributed by atoms with Gasteiger partial charge >= 0.3 is 5.97 Å². The van der Waals surface area contributed by atoms with Crippen molar-refractivity contribution in [3.8, 4) is 0 Å². The predicted octanol–water partition coefficient (Wildman–Crippen LogP) is 4.84. The smallest absolute Gasteiger partial charge is 0.338 e. The Morgan fingerprint density at radius 1 is 1.04 bits per heavy atom. The molecular weight excluding hydrogens is 332 g/mol. The third-order valence-electron chi connectivity index (χ3n) is 3.60. The molecule has 0 aliphatic rings. The van der Waals surface area contributed by atoms with Crippen LogP contribution in [0, 0.1) is 10.1 Å². The first-order valence-electron chi connectivity index (χ1n) is 6.94. The molecule has 6 nitrogen and oxygen atoms in total. The molecule has 0 radical (unpaired) electrons. The van der Waals surface area contributed by atoms with Crippen LogP contribution in [0.25, 0.3) is 10.8 Å². The second-order valence-electron chi connectivity index (χ2n) is 5.03. The van der Waals surface area contributed by atoms with Crippen LogP contribution in [0.1, 0.15) is 10.4 Å². The van der Waals surface area contributed by atoms with Gasteiger partial charge in [-0.3, -0.25) is 10.1 Å². The molecule has 120 valence electrons. The normalized spacial score (nSPS) is 10.5. The lowest BCUT2D eigenvalue weighted by atomic mass is 10.1. The number of nitro groups is 1. The van der Waals surface area contributed by atoms with E-state index in [1.54, 1.807) is 24.3 Å². The highest BCUT2D eigenvalue weighted by atomic mass is 35.5. The quantitative estimate of drug-likeness (QED) is 0.522. The number of fused-ring (bicyclic) bond motifs is 1. The van der Waals surface area contributed by atoms with E-state index in [1.165, 1.54) is 18.2 Å². The highest BCUT2D eigenvalue weighted by Gasteiger charge is 2.22. The number of halogens is 1. The summed E-state index contributed by atoms with van der Waals surface area (Å²) in [6.07, 6.45) is 0. The summed E-state index contributed by atoms with van der Waals surface area (Å²) >= 11 is 6.17. The Morgan fingerprint density at radius 3 is 2.42 bits per heavy atom. The maximum atomic E-state index is 11.4. The van der Waals surface area contributed by atoms with Gasteiger partial charge in [0.25, 0.3) is 5.69 Å². The van der Waals surface area contributed by atoms with Crippen LogP contribution in [-0.2, 0) is 0 Å². The number of nitrogens with one attached hydrogen (secondary N) is 1. The fourth-order valence-corrected chi connectivity index (χ4v) is 2.74. The van der Waals surface area contributed by atoms with Crippen molar-refractivity contribution in [2.75, 3.05) is 5.32 Å². The first-order chi connectivity index (χ1) is 11.5. The predicted molar refractivity (Wildman–Crippen MR) is 92.3 cm³/mol. The Kier molecular flexibility index (Phi) is 4.05. The molecule has 0 fully saturated rings. The molecule has 3 aromatic rings. The van der Waals surface area contributed by atoms with Gasteiger partial charge in [-0.15, -0.1) is 0 Å². The number of nitro benzene ring substituents is 1. The van der Waals surface area contributed by atoms with Gasteiger partial charge in [-0.05, 0) is 18.2 Å². The number of anilines is 2. The van der Waals surface area contributed by atoms with Gasteiger partial charge in [-0.1, -0.05) is 41.9 Å². The van der Waals surface area contributed by atoms with Crippen LogP contribution in [0.15, 0.2) is 54.6 Å². The summed E-state index contributed by atoms with van der Waals surface area (Å²) in [7, 11) is 0. The summed E-state index contributed by atoms with van der Waals surface area (Å²) in [4.78, 5) is 22.1. The number of carboxylic acid groups (broad SMARTS) is 1. The summed E-state index contributed by atoms with van der Waals surface area (Å²) < 4.78 is 0. The lowest BCUT2D eigenvalue weighted by Crippen LogP contribution is -2.06. The topological polar surface area (TPSA) is 92.5 Å². The first-order valence-corrected chi connectivity index (χ1v) is 7.32. The molecule has 0 heterocycles. The van der Waals surface area contributed by atoms with Crippen molar-refractivity contribution in [2.24, 2.45) is 0 Å². The molecule has 0 amide bonds. The van der Waals surface area contributed by atoms with Crippen LogP contribution >= 0.6 is 11.6 Å². The van der Waals surface area contributed by atoms with Gasteiger partial charge in [0, 0.05) is 27.5 Å². The van der Waals surface area contributed by atoms with Crippen molar-refractivity contribution in [3.63, 3.8) is 0 Å². The number of para-hydroxylation sites is 1. The second-order valence-corrected chi connectivity index (χ2v) is 5.43. The molecular formula is C17H11ClN2O4. The molecule has 0 atom stereocenters. The van der Waals surface area contributed by atoms with E-state index in [-0.39, 0.29) is 16.9 Å². The summed E-state index contributed by atoms with van der Waals surface area (Å²) in [5.74, 6) is -1.25. The standard InChI is InChI=1S/C17H11ClN2O4/c18-13-8-9-14(11-5-2-1-4-10(11)13)19-16-12(17(21)22)6-3-7-15(16)20(23)24/h1-9,19H,(H,21,22). The molecule has 0 bridgehead atoms. The molecule has 0 saturated heterocycles. The number of hydrogen-bond acceptors (Lipinski definition) is 4. The van der Waals surface area contributed by atoms with Crippen molar-refractivity contribution < 1.29 is 14.8 Å². The van der Waals surface area contributed by atoms with Crippen LogP contribution < -0.4 is 5.32 Å². The van der Waals surface area contributed by atoms with Crippen molar-refractivity contribution in [3.05, 3.63) is 75.3 Å². The minimum absolute atomic E-state index is 0.0672. The van der Waals surface area contributed by atoms with Gasteiger partial charge in [0.05, 0.1) is 10.5 Å². The Labute approximate surface area is 141 Å². The number of benzene rings is 3. The molecule has 0 aliphatic carbocycles. The van der Waals surface area contributed by atoms with Crippen LogP contribution in [0.4, 0.5) is 17.1 Å². The third kappa shape index (κ3) is 2.75. The van der Waals surface area contributed by atoms with E-state index in [1.807, 2.05) is 12.1 Å². The van der Waals surface area contributed by atoms with E-state index in [2.05, 4.69) is 5.32 Å². The van der Waals surface area contributed by atoms with E-state index in [4.69, 9.17) is 11.6 Å². The molecule has 24 heavy (non-hydrogen) atoms. The lowest BCUT2D eigenvalue weighted by Gasteiger charge is -2.13. The zero-order valence-electron chi connectivity index (χ0n) is 12.2. The molecule has 0 unspecified atom stereocenters. The fraction of sp³-hybridized carbons (Fsp3) is 0. The lowest BCUT2D eigenvalue weighted by molar-refractivity contribution is -0.383. The Balaban J connectivity index is 2.21. The first kappa shape index (κ1) is 15.8. The Hall–Kier alpha value is -3.12. The zero-order chi connectivity index (χ0) is 17.3. The average Bonchev–Trinajstić information content (AvgIpc) is 2.57. The van der Waals surface area contributed by atoms with E-state index < -0.39 is 10.9 Å². The van der Waals surface area contributed by atoms with Crippen LogP contribution in [0.5, 0.6) is 0 Å². The number of aromatic carboxylic acids is 1. The van der Waals surface area contributed by atoms with Crippen LogP contribution in [0.3, 0.4) is 0 Å². The largest absolute Gasteiger partial charge is 0.478 e. The van der Waals surface area contributed by atoms with E-state index in [9.17, 15) is 20.0 Å². The molecule has 2 N–H and O–H groups in total. The van der Waals surface area contributed by atoms with Crippen molar-refractivity contribution in [1.82, 2.24) is 0 Å². The van der Waals surface area contributed by atoms with Gasteiger partial charge in [0.15, 0.2) is 0 Å². The van der Waals surface area contributed by atoms with Crippen LogP contribution in [-0.4, -0.2) is 16.0 Å². The number of rotatable bonds is 4. The number of nitrogens with zero attached hydrogens (tertiary/aromatic N) is 1. The number of carboxylic acids is 1. The molecule has 0 aromatic heterocycles. The summed E-state index contributed by atoms with van der Waals surface area (Å²) in [5, 5.41) is 25.5. The van der Waals surface area contributed by atoms with Crippen molar-refractivity contribution in [2.45, 2.75) is 0 Å². The summed E-state index contributed by atoms with van der Waals surface area (Å²) in [6.45, 7) is 0. The molecule has 0 aliphatic heterocycles. The molecule has 3 aromatic carbocycles. The highest BCUT2D eigenvalue weighted by Crippen LogP contribution is 2.36. The van der Waals surface area contributed by atoms with E-state index in [0.29, 0.717) is 10.7 Å². The SMILES string of the molecule is O=C(O)c1cccc([N+](=O)[O-])c1Nc1ccc(Cl)c2ccccc12. The van der Waals surface area contributed by atoms with Gasteiger partial charge in [0.1, 0.15) is 5.69 Å². The average molecular weight is 343 g/mol. The third-order valence-corrected chi connectivity index (χ3v) is 3.93. The fourth-order valence-electron chi connectivity index (χ4n) is 2.51. The maximum Gasteiger partial charge on any atom is 0.338 e. The number of carbonyl (C=O) groups is 1. The van der Waals surface area contributed by atoms with Gasteiger partial charge in [-0.25, -0.2) is 4.79 Å². The monoisotopic (exact) mass is 342 g/mol. The molecule has 0 spiro atoms. The summed E-state index contributed by atoms with van der Waals surface area (Å²) in [5.41, 5.74) is -0.0218. The van der Waals surface area contributed by atoms with Crippen LogP contribution in [0.2, 0.25) is 5.02 Å². The minimum atomic E-state index is -1.25. The molecule has 3 rings (SSSR count). The molecule has 0 saturated carbocycles.